The lowest BCUT2D eigenvalue weighted by Crippen LogP contribution is -2.37. The van der Waals surface area contributed by atoms with Gasteiger partial charge in [-0.05, 0) is 31.9 Å². The van der Waals surface area contributed by atoms with Crippen LogP contribution in [0.1, 0.15) is 44.1 Å². The fraction of sp³-hybridized carbons (Fsp3) is 0.611. The zero-order valence-corrected chi connectivity index (χ0v) is 12.7. The molecular weight excluding hydrogens is 246 g/mol. The van der Waals surface area contributed by atoms with Gasteiger partial charge in [-0.3, -0.25) is 0 Å². The van der Waals surface area contributed by atoms with Crippen molar-refractivity contribution in [3.05, 3.63) is 35.9 Å². The molecular formula is C18H27NO. The SMILES string of the molecule is CN(CCc1ccccc1)CC1(C=O)CCCCCC1. The normalized spacial score (nSPS) is 18.7. The molecule has 0 aromatic heterocycles. The maximum atomic E-state index is 11.6. The van der Waals surface area contributed by atoms with E-state index in [1.165, 1.54) is 37.5 Å². The molecule has 0 atom stereocenters. The molecule has 1 aromatic carbocycles. The Morgan fingerprint density at radius 1 is 1.10 bits per heavy atom. The Labute approximate surface area is 123 Å². The van der Waals surface area contributed by atoms with Gasteiger partial charge in [-0.1, -0.05) is 56.0 Å². The summed E-state index contributed by atoms with van der Waals surface area (Å²) in [6, 6.07) is 10.6. The number of nitrogens with zero attached hydrogens (tertiary/aromatic N) is 1. The van der Waals surface area contributed by atoms with Gasteiger partial charge in [-0.2, -0.15) is 0 Å². The van der Waals surface area contributed by atoms with Gasteiger partial charge in [-0.25, -0.2) is 0 Å². The summed E-state index contributed by atoms with van der Waals surface area (Å²) in [4.78, 5) is 14.0. The molecule has 0 unspecified atom stereocenters. The number of carbonyl (C=O) groups excluding carboxylic acids is 1. The van der Waals surface area contributed by atoms with Gasteiger partial charge >= 0.3 is 0 Å². The van der Waals surface area contributed by atoms with Crippen LogP contribution in [0.3, 0.4) is 0 Å². The standard InChI is InChI=1S/C18H27NO/c1-19(14-11-17-9-5-4-6-10-17)15-18(16-20)12-7-2-3-8-13-18/h4-6,9-10,16H,2-3,7-8,11-15H2,1H3. The second kappa shape index (κ2) is 7.58. The molecule has 2 nitrogen and oxygen atoms in total. The Balaban J connectivity index is 1.85. The van der Waals surface area contributed by atoms with Crippen LogP contribution < -0.4 is 0 Å². The fourth-order valence-electron chi connectivity index (χ4n) is 3.33. The molecule has 1 aliphatic carbocycles. The Morgan fingerprint density at radius 3 is 2.35 bits per heavy atom. The molecule has 110 valence electrons. The molecule has 0 heterocycles. The van der Waals surface area contributed by atoms with E-state index in [0.29, 0.717) is 0 Å². The molecule has 0 radical (unpaired) electrons. The third-order valence-corrected chi connectivity index (χ3v) is 4.56. The van der Waals surface area contributed by atoms with Crippen LogP contribution in [-0.2, 0) is 11.2 Å². The highest BCUT2D eigenvalue weighted by Gasteiger charge is 2.31. The van der Waals surface area contributed by atoms with Crippen molar-refractivity contribution in [2.45, 2.75) is 44.9 Å². The minimum absolute atomic E-state index is 0.0814. The molecule has 0 bridgehead atoms. The quantitative estimate of drug-likeness (QED) is 0.582. The molecule has 2 heteroatoms. The maximum Gasteiger partial charge on any atom is 0.127 e. The maximum absolute atomic E-state index is 11.6. The van der Waals surface area contributed by atoms with Crippen molar-refractivity contribution in [2.75, 3.05) is 20.1 Å². The van der Waals surface area contributed by atoms with Crippen LogP contribution in [0.5, 0.6) is 0 Å². The molecule has 1 aliphatic rings. The van der Waals surface area contributed by atoms with Crippen molar-refractivity contribution < 1.29 is 4.79 Å². The molecule has 1 saturated carbocycles. The van der Waals surface area contributed by atoms with Crippen LogP contribution in [0.25, 0.3) is 0 Å². The van der Waals surface area contributed by atoms with Crippen LogP contribution in [0.15, 0.2) is 30.3 Å². The van der Waals surface area contributed by atoms with Crippen molar-refractivity contribution >= 4 is 6.29 Å². The van der Waals surface area contributed by atoms with Gasteiger partial charge in [0, 0.05) is 18.5 Å². The molecule has 0 saturated heterocycles. The number of rotatable bonds is 6. The highest BCUT2D eigenvalue weighted by molar-refractivity contribution is 5.59. The highest BCUT2D eigenvalue weighted by Crippen LogP contribution is 2.33. The zero-order chi connectivity index (χ0) is 14.3. The van der Waals surface area contributed by atoms with Crippen molar-refractivity contribution in [3.8, 4) is 0 Å². The van der Waals surface area contributed by atoms with Gasteiger partial charge in [0.15, 0.2) is 0 Å². The average Bonchev–Trinajstić information content (AvgIpc) is 2.72. The Kier molecular flexibility index (Phi) is 5.78. The number of likely N-dealkylation sites (N-methyl/N-ethyl adjacent to an activating group) is 1. The van der Waals surface area contributed by atoms with Crippen molar-refractivity contribution in [1.82, 2.24) is 4.90 Å². The second-order valence-electron chi connectivity index (χ2n) is 6.37. The van der Waals surface area contributed by atoms with E-state index in [0.717, 1.165) is 32.4 Å². The molecule has 0 spiro atoms. The number of carbonyl (C=O) groups is 1. The minimum atomic E-state index is -0.0814. The molecule has 0 N–H and O–H groups in total. The summed E-state index contributed by atoms with van der Waals surface area (Å²) in [6.07, 6.45) is 9.48. The van der Waals surface area contributed by atoms with E-state index in [1.807, 2.05) is 0 Å². The number of hydrogen-bond donors (Lipinski definition) is 0. The van der Waals surface area contributed by atoms with E-state index >= 15 is 0 Å². The summed E-state index contributed by atoms with van der Waals surface area (Å²) in [6.45, 7) is 1.95. The van der Waals surface area contributed by atoms with E-state index in [9.17, 15) is 4.79 Å². The van der Waals surface area contributed by atoms with Crippen LogP contribution >= 0.6 is 0 Å². The predicted molar refractivity (Wildman–Crippen MR) is 83.8 cm³/mol. The molecule has 0 aliphatic heterocycles. The molecule has 20 heavy (non-hydrogen) atoms. The first-order valence-electron chi connectivity index (χ1n) is 7.93. The molecule has 2 rings (SSSR count). The van der Waals surface area contributed by atoms with Gasteiger partial charge in [-0.15, -0.1) is 0 Å². The second-order valence-corrected chi connectivity index (χ2v) is 6.37. The summed E-state index contributed by atoms with van der Waals surface area (Å²) >= 11 is 0. The zero-order valence-electron chi connectivity index (χ0n) is 12.7. The molecule has 1 fully saturated rings. The highest BCUT2D eigenvalue weighted by atomic mass is 16.1. The third kappa shape index (κ3) is 4.45. The Bertz CT molecular complexity index is 393. The summed E-state index contributed by atoms with van der Waals surface area (Å²) in [5.41, 5.74) is 1.29. The minimum Gasteiger partial charge on any atom is -0.305 e. The van der Waals surface area contributed by atoms with Crippen molar-refractivity contribution in [1.29, 1.82) is 0 Å². The monoisotopic (exact) mass is 273 g/mol. The van der Waals surface area contributed by atoms with Crippen LogP contribution in [0, 0.1) is 5.41 Å². The number of hydrogen-bond acceptors (Lipinski definition) is 2. The van der Waals surface area contributed by atoms with E-state index in [4.69, 9.17) is 0 Å². The lowest BCUT2D eigenvalue weighted by Gasteiger charge is -2.31. The lowest BCUT2D eigenvalue weighted by molar-refractivity contribution is -0.117. The summed E-state index contributed by atoms with van der Waals surface area (Å²) in [5, 5.41) is 0. The molecule has 1 aromatic rings. The van der Waals surface area contributed by atoms with Crippen LogP contribution in [0.4, 0.5) is 0 Å². The topological polar surface area (TPSA) is 20.3 Å². The summed E-state index contributed by atoms with van der Waals surface area (Å²) in [5.74, 6) is 0. The third-order valence-electron chi connectivity index (χ3n) is 4.56. The van der Waals surface area contributed by atoms with Gasteiger partial charge in [0.05, 0.1) is 0 Å². The smallest absolute Gasteiger partial charge is 0.127 e. The first-order chi connectivity index (χ1) is 9.74. The fourth-order valence-corrected chi connectivity index (χ4v) is 3.33. The number of benzene rings is 1. The largest absolute Gasteiger partial charge is 0.305 e. The van der Waals surface area contributed by atoms with E-state index in [1.54, 1.807) is 0 Å². The van der Waals surface area contributed by atoms with Crippen LogP contribution in [0.2, 0.25) is 0 Å². The lowest BCUT2D eigenvalue weighted by atomic mass is 9.81. The van der Waals surface area contributed by atoms with E-state index < -0.39 is 0 Å². The Hall–Kier alpha value is -1.15. The van der Waals surface area contributed by atoms with Gasteiger partial charge < -0.3 is 9.69 Å². The van der Waals surface area contributed by atoms with Gasteiger partial charge in [0.25, 0.3) is 0 Å². The number of aldehydes is 1. The van der Waals surface area contributed by atoms with Crippen molar-refractivity contribution in [3.63, 3.8) is 0 Å². The summed E-state index contributed by atoms with van der Waals surface area (Å²) in [7, 11) is 2.15. The van der Waals surface area contributed by atoms with E-state index in [-0.39, 0.29) is 5.41 Å². The van der Waals surface area contributed by atoms with Gasteiger partial charge in [0.2, 0.25) is 0 Å². The van der Waals surface area contributed by atoms with Gasteiger partial charge in [0.1, 0.15) is 6.29 Å². The molecule has 0 amide bonds. The summed E-state index contributed by atoms with van der Waals surface area (Å²) < 4.78 is 0. The van der Waals surface area contributed by atoms with Crippen LogP contribution in [-0.4, -0.2) is 31.3 Å². The average molecular weight is 273 g/mol. The Morgan fingerprint density at radius 2 is 1.75 bits per heavy atom. The van der Waals surface area contributed by atoms with E-state index in [2.05, 4.69) is 42.3 Å². The van der Waals surface area contributed by atoms with Crippen molar-refractivity contribution in [2.24, 2.45) is 5.41 Å². The predicted octanol–water partition coefficient (Wildman–Crippen LogP) is 3.70. The first-order valence-corrected chi connectivity index (χ1v) is 7.93. The first kappa shape index (κ1) is 15.2.